The van der Waals surface area contributed by atoms with Crippen molar-refractivity contribution in [3.8, 4) is 0 Å². The monoisotopic (exact) mass is 282 g/mol. The third-order valence-corrected chi connectivity index (χ3v) is 4.62. The fraction of sp³-hybridized carbons (Fsp3) is 0.353. The summed E-state index contributed by atoms with van der Waals surface area (Å²) in [5, 5.41) is 7.63. The average Bonchev–Trinajstić information content (AvgIpc) is 3.20. The van der Waals surface area contributed by atoms with Crippen molar-refractivity contribution in [1.82, 2.24) is 10.6 Å². The van der Waals surface area contributed by atoms with E-state index in [1.54, 1.807) is 6.08 Å². The highest BCUT2D eigenvalue weighted by Gasteiger charge is 2.39. The number of hydrogen-bond acceptors (Lipinski definition) is 3. The van der Waals surface area contributed by atoms with Gasteiger partial charge in [0.25, 0.3) is 5.91 Å². The first kappa shape index (κ1) is 12.7. The quantitative estimate of drug-likeness (QED) is 0.910. The van der Waals surface area contributed by atoms with Crippen LogP contribution in [0.1, 0.15) is 35.4 Å². The van der Waals surface area contributed by atoms with E-state index in [2.05, 4.69) is 17.2 Å². The summed E-state index contributed by atoms with van der Waals surface area (Å²) in [6.07, 6.45) is 5.12. The molecule has 2 saturated heterocycles. The van der Waals surface area contributed by atoms with Crippen LogP contribution in [0.3, 0.4) is 0 Å². The smallest absolute Gasteiger partial charge is 0.251 e. The maximum absolute atomic E-state index is 12.4. The molecule has 3 heterocycles. The summed E-state index contributed by atoms with van der Waals surface area (Å²) in [4.78, 5) is 12.4. The van der Waals surface area contributed by atoms with Gasteiger partial charge in [-0.2, -0.15) is 0 Å². The van der Waals surface area contributed by atoms with Crippen LogP contribution in [0.4, 0.5) is 0 Å². The average molecular weight is 282 g/mol. The van der Waals surface area contributed by atoms with E-state index in [1.165, 1.54) is 12.8 Å². The minimum absolute atomic E-state index is 0.00222. The van der Waals surface area contributed by atoms with E-state index in [9.17, 15) is 4.79 Å². The largest absolute Gasteiger partial charge is 0.457 e. The first-order valence-corrected chi connectivity index (χ1v) is 7.46. The van der Waals surface area contributed by atoms with Crippen molar-refractivity contribution in [2.45, 2.75) is 37.4 Å². The molecule has 2 fully saturated rings. The Labute approximate surface area is 123 Å². The lowest BCUT2D eigenvalue weighted by Gasteiger charge is -2.21. The minimum Gasteiger partial charge on any atom is -0.457 e. The first-order chi connectivity index (χ1) is 10.2. The molecule has 0 unspecified atom stereocenters. The van der Waals surface area contributed by atoms with E-state index in [-0.39, 0.29) is 11.9 Å². The molecule has 0 spiro atoms. The Morgan fingerprint density at radius 1 is 1.38 bits per heavy atom. The molecule has 4 heteroatoms. The molecule has 0 saturated carbocycles. The van der Waals surface area contributed by atoms with Gasteiger partial charge in [0.15, 0.2) is 0 Å². The Morgan fingerprint density at radius 3 is 3.00 bits per heavy atom. The first-order valence-electron chi connectivity index (χ1n) is 7.46. The van der Waals surface area contributed by atoms with Crippen molar-refractivity contribution in [2.75, 3.05) is 0 Å². The lowest BCUT2D eigenvalue weighted by Crippen LogP contribution is -2.42. The topological polar surface area (TPSA) is 54.3 Å². The SMILES string of the molecule is C=Cc1cc2cc(C(=O)N[C@@H]3C[C@H]4CC[C@@H]3N4)ccc2o1. The third-order valence-electron chi connectivity index (χ3n) is 4.62. The summed E-state index contributed by atoms with van der Waals surface area (Å²) in [5.74, 6) is 0.720. The third kappa shape index (κ3) is 2.16. The number of hydrogen-bond donors (Lipinski definition) is 2. The molecule has 2 bridgehead atoms. The number of rotatable bonds is 3. The fourth-order valence-electron chi connectivity index (χ4n) is 3.54. The van der Waals surface area contributed by atoms with Crippen LogP contribution in [0.2, 0.25) is 0 Å². The van der Waals surface area contributed by atoms with Crippen LogP contribution in [0.25, 0.3) is 17.0 Å². The van der Waals surface area contributed by atoms with E-state index in [4.69, 9.17) is 4.42 Å². The highest BCUT2D eigenvalue weighted by atomic mass is 16.3. The van der Waals surface area contributed by atoms with Crippen LogP contribution in [0.5, 0.6) is 0 Å². The number of carbonyl (C=O) groups is 1. The normalized spacial score (nSPS) is 27.1. The molecule has 2 aromatic rings. The fourth-order valence-corrected chi connectivity index (χ4v) is 3.54. The van der Waals surface area contributed by atoms with E-state index in [1.807, 2.05) is 24.3 Å². The molecule has 0 radical (unpaired) electrons. The molecule has 2 aliphatic heterocycles. The summed E-state index contributed by atoms with van der Waals surface area (Å²) >= 11 is 0. The summed E-state index contributed by atoms with van der Waals surface area (Å²) in [6.45, 7) is 3.69. The standard InChI is InChI=1S/C17H18N2O2/c1-2-13-8-11-7-10(3-6-16(11)21-13)17(20)19-15-9-12-4-5-14(15)18-12/h2-3,6-8,12,14-15,18H,1,4-5,9H2,(H,19,20)/t12-,14+,15-/m1/s1. The molecule has 21 heavy (non-hydrogen) atoms. The molecule has 3 atom stereocenters. The molecule has 1 aromatic heterocycles. The van der Waals surface area contributed by atoms with Gasteiger partial charge in [0.05, 0.1) is 0 Å². The van der Waals surface area contributed by atoms with E-state index >= 15 is 0 Å². The molecule has 4 nitrogen and oxygen atoms in total. The van der Waals surface area contributed by atoms with Crippen molar-refractivity contribution in [3.63, 3.8) is 0 Å². The lowest BCUT2D eigenvalue weighted by molar-refractivity contribution is 0.0931. The zero-order chi connectivity index (χ0) is 14.4. The number of amides is 1. The van der Waals surface area contributed by atoms with E-state index in [0.717, 1.165) is 23.2 Å². The molecule has 2 N–H and O–H groups in total. The van der Waals surface area contributed by atoms with Crippen LogP contribution < -0.4 is 10.6 Å². The minimum atomic E-state index is -0.00222. The van der Waals surface area contributed by atoms with Gasteiger partial charge in [0.1, 0.15) is 11.3 Å². The van der Waals surface area contributed by atoms with Gasteiger partial charge < -0.3 is 15.1 Å². The van der Waals surface area contributed by atoms with Gasteiger partial charge >= 0.3 is 0 Å². The Hall–Kier alpha value is -2.07. The summed E-state index contributed by atoms with van der Waals surface area (Å²) in [7, 11) is 0. The predicted octanol–water partition coefficient (Wildman–Crippen LogP) is 2.70. The summed E-state index contributed by atoms with van der Waals surface area (Å²) in [6, 6.07) is 8.74. The Morgan fingerprint density at radius 2 is 2.29 bits per heavy atom. The molecule has 1 aromatic carbocycles. The number of fused-ring (bicyclic) bond motifs is 3. The summed E-state index contributed by atoms with van der Waals surface area (Å²) < 4.78 is 5.57. The van der Waals surface area contributed by atoms with E-state index in [0.29, 0.717) is 17.6 Å². The van der Waals surface area contributed by atoms with Gasteiger partial charge in [-0.1, -0.05) is 6.58 Å². The maximum atomic E-state index is 12.4. The second-order valence-electron chi connectivity index (χ2n) is 5.97. The van der Waals surface area contributed by atoms with Crippen molar-refractivity contribution in [2.24, 2.45) is 0 Å². The van der Waals surface area contributed by atoms with Gasteiger partial charge in [0, 0.05) is 29.1 Å². The van der Waals surface area contributed by atoms with Gasteiger partial charge in [-0.05, 0) is 49.6 Å². The molecule has 1 amide bonds. The zero-order valence-corrected chi connectivity index (χ0v) is 11.8. The number of benzene rings is 1. The maximum Gasteiger partial charge on any atom is 0.251 e. The van der Waals surface area contributed by atoms with Crippen molar-refractivity contribution in [1.29, 1.82) is 0 Å². The highest BCUT2D eigenvalue weighted by Crippen LogP contribution is 2.28. The van der Waals surface area contributed by atoms with Crippen LogP contribution >= 0.6 is 0 Å². The van der Waals surface area contributed by atoms with E-state index < -0.39 is 0 Å². The van der Waals surface area contributed by atoms with Crippen LogP contribution in [0, 0.1) is 0 Å². The highest BCUT2D eigenvalue weighted by molar-refractivity contribution is 5.98. The molecule has 4 rings (SSSR count). The lowest BCUT2D eigenvalue weighted by atomic mass is 9.95. The van der Waals surface area contributed by atoms with Gasteiger partial charge in [-0.3, -0.25) is 4.79 Å². The van der Waals surface area contributed by atoms with Crippen LogP contribution in [-0.2, 0) is 0 Å². The van der Waals surface area contributed by atoms with Crippen LogP contribution in [-0.4, -0.2) is 24.0 Å². The molecule has 0 aliphatic carbocycles. The van der Waals surface area contributed by atoms with Crippen molar-refractivity contribution >= 4 is 23.0 Å². The summed E-state index contributed by atoms with van der Waals surface area (Å²) in [5.41, 5.74) is 1.46. The molecule has 108 valence electrons. The Kier molecular flexibility index (Phi) is 2.86. The number of carbonyl (C=O) groups excluding carboxylic acids is 1. The predicted molar refractivity (Wildman–Crippen MR) is 82.1 cm³/mol. The number of nitrogens with one attached hydrogen (secondary N) is 2. The molecular formula is C17H18N2O2. The van der Waals surface area contributed by atoms with Gasteiger partial charge in [0.2, 0.25) is 0 Å². The second kappa shape index (κ2) is 4.74. The zero-order valence-electron chi connectivity index (χ0n) is 11.8. The van der Waals surface area contributed by atoms with Crippen molar-refractivity contribution in [3.05, 3.63) is 42.2 Å². The Balaban J connectivity index is 1.54. The molecule has 2 aliphatic rings. The number of furan rings is 1. The van der Waals surface area contributed by atoms with Gasteiger partial charge in [-0.15, -0.1) is 0 Å². The van der Waals surface area contributed by atoms with Crippen molar-refractivity contribution < 1.29 is 9.21 Å². The second-order valence-corrected chi connectivity index (χ2v) is 5.97. The Bertz CT molecular complexity index is 719. The van der Waals surface area contributed by atoms with Crippen LogP contribution in [0.15, 0.2) is 35.3 Å². The molecular weight excluding hydrogens is 264 g/mol. The van der Waals surface area contributed by atoms with Gasteiger partial charge in [-0.25, -0.2) is 0 Å².